The Morgan fingerprint density at radius 1 is 0.556 bits per heavy atom. The molecule has 0 aliphatic rings. The molecular formula is C24H50ClNO. The zero-order valence-electron chi connectivity index (χ0n) is 19.2. The maximum Gasteiger partial charge on any atom is 0.133 e. The van der Waals surface area contributed by atoms with Crippen molar-refractivity contribution in [2.24, 2.45) is 0 Å². The highest BCUT2D eigenvalue weighted by molar-refractivity contribution is 5.78. The number of rotatable bonds is 20. The number of carbonyl (C=O) groups is 1. The minimum atomic E-state index is 0. The summed E-state index contributed by atoms with van der Waals surface area (Å²) in [5.74, 6) is 0.480. The van der Waals surface area contributed by atoms with Crippen LogP contribution in [0.5, 0.6) is 0 Å². The molecule has 0 unspecified atom stereocenters. The Kier molecular flexibility index (Phi) is 22.3. The summed E-state index contributed by atoms with van der Waals surface area (Å²) in [5, 5.41) is 0. The number of hydrogen-bond donors (Lipinski definition) is 0. The van der Waals surface area contributed by atoms with Crippen molar-refractivity contribution in [3.63, 3.8) is 0 Å². The molecule has 0 heterocycles. The third kappa shape index (κ3) is 25.9. The Balaban J connectivity index is 0. The van der Waals surface area contributed by atoms with Gasteiger partial charge in [0.1, 0.15) is 5.78 Å². The normalized spacial score (nSPS) is 11.4. The summed E-state index contributed by atoms with van der Waals surface area (Å²) in [6.07, 6.45) is 23.4. The minimum absolute atomic E-state index is 0. The van der Waals surface area contributed by atoms with Gasteiger partial charge in [0.05, 0.1) is 27.7 Å². The largest absolute Gasteiger partial charge is 1.00 e. The molecule has 0 radical (unpaired) electrons. The quantitative estimate of drug-likeness (QED) is 0.218. The summed E-state index contributed by atoms with van der Waals surface area (Å²) < 4.78 is 0.965. The second-order valence-corrected chi connectivity index (χ2v) is 9.36. The number of unbranched alkanes of at least 4 members (excludes halogenated alkanes) is 14. The van der Waals surface area contributed by atoms with E-state index in [1.54, 1.807) is 0 Å². The lowest BCUT2D eigenvalue weighted by Crippen LogP contribution is -3.00. The SMILES string of the molecule is CCCCCCCCCCCCCCCCCC(=O)CCC[N+](C)(C)C.[Cl-]. The Bertz CT molecular complexity index is 312. The molecule has 0 aromatic rings. The van der Waals surface area contributed by atoms with Crippen LogP contribution in [0, 0.1) is 0 Å². The summed E-state index contributed by atoms with van der Waals surface area (Å²) >= 11 is 0. The van der Waals surface area contributed by atoms with Crippen LogP contribution in [0.25, 0.3) is 0 Å². The van der Waals surface area contributed by atoms with Crippen molar-refractivity contribution in [1.29, 1.82) is 0 Å². The van der Waals surface area contributed by atoms with Crippen LogP contribution in [0.4, 0.5) is 0 Å². The predicted octanol–water partition coefficient (Wildman–Crippen LogP) is 4.31. The lowest BCUT2D eigenvalue weighted by atomic mass is 10.0. The second kappa shape index (κ2) is 20.6. The number of halogens is 1. The number of ketones is 1. The van der Waals surface area contributed by atoms with Crippen LogP contribution in [0.1, 0.15) is 122 Å². The van der Waals surface area contributed by atoms with E-state index in [2.05, 4.69) is 28.1 Å². The average Bonchev–Trinajstić information content (AvgIpc) is 2.57. The monoisotopic (exact) mass is 403 g/mol. The third-order valence-electron chi connectivity index (χ3n) is 5.34. The maximum atomic E-state index is 11.9. The van der Waals surface area contributed by atoms with Gasteiger partial charge in [-0.05, 0) is 6.42 Å². The molecule has 164 valence electrons. The molecule has 0 aromatic heterocycles. The number of quaternary nitrogens is 1. The molecule has 0 saturated carbocycles. The Labute approximate surface area is 177 Å². The van der Waals surface area contributed by atoms with Gasteiger partial charge in [0.25, 0.3) is 0 Å². The van der Waals surface area contributed by atoms with Gasteiger partial charge in [-0.25, -0.2) is 0 Å². The van der Waals surface area contributed by atoms with Gasteiger partial charge in [-0.3, -0.25) is 4.79 Å². The zero-order valence-corrected chi connectivity index (χ0v) is 19.9. The first-order chi connectivity index (χ1) is 12.5. The minimum Gasteiger partial charge on any atom is -1.00 e. The summed E-state index contributed by atoms with van der Waals surface area (Å²) in [5.41, 5.74) is 0. The highest BCUT2D eigenvalue weighted by Gasteiger charge is 2.08. The van der Waals surface area contributed by atoms with Crippen LogP contribution in [0.3, 0.4) is 0 Å². The molecule has 0 aromatic carbocycles. The van der Waals surface area contributed by atoms with Gasteiger partial charge in [-0.15, -0.1) is 0 Å². The van der Waals surface area contributed by atoms with Crippen LogP contribution >= 0.6 is 0 Å². The summed E-state index contributed by atoms with van der Waals surface area (Å²) in [6, 6.07) is 0. The first-order valence-electron chi connectivity index (χ1n) is 11.8. The van der Waals surface area contributed by atoms with Crippen molar-refractivity contribution in [2.75, 3.05) is 27.7 Å². The fourth-order valence-corrected chi connectivity index (χ4v) is 3.57. The van der Waals surface area contributed by atoms with Crippen molar-refractivity contribution in [1.82, 2.24) is 0 Å². The highest BCUT2D eigenvalue weighted by atomic mass is 35.5. The van der Waals surface area contributed by atoms with Gasteiger partial charge in [0, 0.05) is 19.3 Å². The highest BCUT2D eigenvalue weighted by Crippen LogP contribution is 2.14. The molecule has 0 aliphatic heterocycles. The Morgan fingerprint density at radius 2 is 0.889 bits per heavy atom. The molecule has 27 heavy (non-hydrogen) atoms. The van der Waals surface area contributed by atoms with Gasteiger partial charge >= 0.3 is 0 Å². The van der Waals surface area contributed by atoms with E-state index in [0.717, 1.165) is 36.7 Å². The van der Waals surface area contributed by atoms with Crippen molar-refractivity contribution in [2.45, 2.75) is 122 Å². The number of carbonyl (C=O) groups excluding carboxylic acids is 1. The van der Waals surface area contributed by atoms with Crippen molar-refractivity contribution < 1.29 is 21.7 Å². The first-order valence-corrected chi connectivity index (χ1v) is 11.8. The van der Waals surface area contributed by atoms with Gasteiger partial charge in [0.2, 0.25) is 0 Å². The molecule has 0 spiro atoms. The fourth-order valence-electron chi connectivity index (χ4n) is 3.57. The van der Waals surface area contributed by atoms with Crippen molar-refractivity contribution >= 4 is 5.78 Å². The lowest BCUT2D eigenvalue weighted by molar-refractivity contribution is -0.870. The topological polar surface area (TPSA) is 17.1 Å². The van der Waals surface area contributed by atoms with Crippen molar-refractivity contribution in [3.8, 4) is 0 Å². The zero-order chi connectivity index (χ0) is 19.5. The van der Waals surface area contributed by atoms with Crippen molar-refractivity contribution in [3.05, 3.63) is 0 Å². The molecule has 0 bridgehead atoms. The summed E-state index contributed by atoms with van der Waals surface area (Å²) in [6.45, 7) is 3.39. The Hall–Kier alpha value is -0.0800. The fraction of sp³-hybridized carbons (Fsp3) is 0.958. The molecular weight excluding hydrogens is 354 g/mol. The smallest absolute Gasteiger partial charge is 0.133 e. The van der Waals surface area contributed by atoms with Gasteiger partial charge in [-0.1, -0.05) is 96.8 Å². The van der Waals surface area contributed by atoms with Gasteiger partial charge in [0.15, 0.2) is 0 Å². The number of nitrogens with zero attached hydrogens (tertiary/aromatic N) is 1. The van der Waals surface area contributed by atoms with E-state index in [9.17, 15) is 4.79 Å². The van der Waals surface area contributed by atoms with E-state index in [-0.39, 0.29) is 12.4 Å². The molecule has 2 nitrogen and oxygen atoms in total. The molecule has 0 N–H and O–H groups in total. The molecule has 0 amide bonds. The maximum absolute atomic E-state index is 11.9. The molecule has 0 saturated heterocycles. The molecule has 0 aliphatic carbocycles. The van der Waals surface area contributed by atoms with E-state index < -0.39 is 0 Å². The lowest BCUT2D eigenvalue weighted by Gasteiger charge is -2.23. The van der Waals surface area contributed by atoms with Gasteiger partial charge in [-0.2, -0.15) is 0 Å². The standard InChI is InChI=1S/C24H50NO.ClH/c1-5-6-7-8-9-10-11-12-13-14-15-16-17-18-19-21-24(26)22-20-23-25(2,3)4;/h5-23H2,1-4H3;1H/q+1;/p-1. The van der Waals surface area contributed by atoms with Gasteiger partial charge < -0.3 is 16.9 Å². The second-order valence-electron chi connectivity index (χ2n) is 9.36. The molecule has 0 rings (SSSR count). The van der Waals surface area contributed by atoms with E-state index >= 15 is 0 Å². The van der Waals surface area contributed by atoms with E-state index in [0.29, 0.717) is 5.78 Å². The van der Waals surface area contributed by atoms with E-state index in [1.165, 1.54) is 89.9 Å². The number of Topliss-reactive ketones (excluding diaryl/α,β-unsaturated/α-hetero) is 1. The summed E-state index contributed by atoms with van der Waals surface area (Å²) in [7, 11) is 6.58. The van der Waals surface area contributed by atoms with Crippen LogP contribution in [0.15, 0.2) is 0 Å². The summed E-state index contributed by atoms with van der Waals surface area (Å²) in [4.78, 5) is 11.9. The Morgan fingerprint density at radius 3 is 1.26 bits per heavy atom. The molecule has 3 heteroatoms. The van der Waals surface area contributed by atoms with Crippen LogP contribution in [-0.2, 0) is 4.79 Å². The van der Waals surface area contributed by atoms with Crippen LogP contribution in [-0.4, -0.2) is 38.0 Å². The number of hydrogen-bond acceptors (Lipinski definition) is 1. The first kappa shape index (κ1) is 29.1. The third-order valence-corrected chi connectivity index (χ3v) is 5.34. The van der Waals surface area contributed by atoms with E-state index in [4.69, 9.17) is 0 Å². The van der Waals surface area contributed by atoms with E-state index in [1.807, 2.05) is 0 Å². The van der Waals surface area contributed by atoms with Crippen LogP contribution in [0.2, 0.25) is 0 Å². The molecule has 0 fully saturated rings. The predicted molar refractivity (Wildman–Crippen MR) is 117 cm³/mol. The van der Waals surface area contributed by atoms with Crippen LogP contribution < -0.4 is 12.4 Å². The molecule has 0 atom stereocenters. The average molecular weight is 404 g/mol.